The molecule has 2 saturated heterocycles. The molecule has 7 amide bonds. The second kappa shape index (κ2) is 34.0. The van der Waals surface area contributed by atoms with Gasteiger partial charge in [0.1, 0.15) is 71.0 Å². The number of carboxylic acid groups (broad SMARTS) is 1. The number of nitrogen functional groups attached to an aromatic ring is 1. The van der Waals surface area contributed by atoms with Crippen LogP contribution in [0, 0.1) is 11.8 Å². The average Bonchev–Trinajstić information content (AvgIpc) is 1.58. The number of hydrogen-bond acceptors (Lipinski definition) is 25. The summed E-state index contributed by atoms with van der Waals surface area (Å²) in [5.41, 5.74) is 6.05. The SMILES string of the molecule is Nc1nn[nH]n1.O=C(N[C@H]1CCCCC/C=C\[C@@H]2C[C@@]2(C(=O)Nc2nn[nH]n2)NC(=O)[C@@H]2C[C@@H](Oc3nc4ccccc4nc3-c3cccs3)CN2C1=O)OC1CCCC1.O=C(N[C@H]1CCCCC/C=C\[C@@H]2C[C@@]2(C(=O)O)NC(=O)[C@@H]2C[C@@H](Oc3nc4ccccc4nc3-c3cccs3)CN2C1=O)OC1CCCC1. The largest absolute Gasteiger partial charge is 0.479 e. The smallest absolute Gasteiger partial charge is 0.408 e. The van der Waals surface area contributed by atoms with E-state index in [1.54, 1.807) is 0 Å². The van der Waals surface area contributed by atoms with E-state index >= 15 is 0 Å². The summed E-state index contributed by atoms with van der Waals surface area (Å²) in [7, 11) is 0. The Morgan fingerprint density at radius 2 is 0.982 bits per heavy atom. The minimum Gasteiger partial charge on any atom is -0.479 e. The number of nitrogens with zero attached hydrogens (tertiary/aromatic N) is 12. The first-order chi connectivity index (χ1) is 53.1. The van der Waals surface area contributed by atoms with Gasteiger partial charge in [0.25, 0.3) is 17.8 Å². The standard InChI is InChI=1S/C37H42N10O6S.C36H41N5O7S.CH3N5/c48-31-28-19-24(52-32-30(29-17-10-18-54-29)38-25-14-8-9-15-26(25)39-32)21-47(28)33(49)27(40-36(51)53-23-12-6-7-13-23)16-5-3-1-2-4-11-22-20-37(22,42-31)34(50)41-35-43-45-46-44-35;42-31-28-19-24(47-32-30(29-17-10-18-49-29)37-25-14-8-9-15-26(25)38-32)21-41(28)33(43)27(39-35(46)48-23-12-6-7-13-23)16-5-3-1-2-4-11-22-20-36(22,40-31)34(44)45;2-1-3-5-6-4-1/h4,8-11,14-15,17-18,22-24,27-28H,1-3,5-7,12-13,16,19-21H2,(H,40,51)(H,42,48)(H2,41,43,44,45,46,50);4,8-11,14-15,17-18,22-24,27-28H,1-3,5-7,12-13,16,19-21H2,(H,39,46)(H,40,42)(H,44,45);(H3,2,3,4,5,6)/b2*11-4-;/t22-,24-,27+,28+,37-;22-,24-,27+,28+,36-;/m11./s1. The second-order valence-electron chi connectivity index (χ2n) is 28.6. The lowest BCUT2D eigenvalue weighted by atomic mass is 10.0. The van der Waals surface area contributed by atoms with Crippen LogP contribution in [-0.4, -0.2) is 197 Å². The van der Waals surface area contributed by atoms with Gasteiger partial charge in [0.05, 0.1) is 44.9 Å². The van der Waals surface area contributed by atoms with E-state index in [0.717, 1.165) is 99.6 Å². The van der Waals surface area contributed by atoms with Crippen LogP contribution in [0.4, 0.5) is 21.5 Å². The van der Waals surface area contributed by atoms with Gasteiger partial charge in [-0.05, 0) is 160 Å². The number of aliphatic carboxylic acids is 1. The molecule has 8 aromatic rings. The highest BCUT2D eigenvalue weighted by molar-refractivity contribution is 7.13. The summed E-state index contributed by atoms with van der Waals surface area (Å²) in [5, 5.41) is 53.7. The molecule has 4 aliphatic heterocycles. The van der Waals surface area contributed by atoms with Gasteiger partial charge in [-0.2, -0.15) is 10.4 Å². The summed E-state index contributed by atoms with van der Waals surface area (Å²) in [6.07, 6.45) is 19.9. The number of thiophene rings is 2. The maximum absolute atomic E-state index is 14.6. The number of H-pyrrole nitrogens is 2. The Kier molecular flexibility index (Phi) is 23.3. The van der Waals surface area contributed by atoms with Crippen LogP contribution >= 0.6 is 22.7 Å². The first kappa shape index (κ1) is 74.7. The van der Waals surface area contributed by atoms with E-state index < -0.39 is 95.1 Å². The van der Waals surface area contributed by atoms with Crippen LogP contribution in [0.15, 0.2) is 108 Å². The first-order valence-corrected chi connectivity index (χ1v) is 39.1. The van der Waals surface area contributed by atoms with Crippen LogP contribution in [0.25, 0.3) is 43.2 Å². The zero-order valence-electron chi connectivity index (χ0n) is 59.7. The van der Waals surface area contributed by atoms with E-state index in [1.165, 1.54) is 32.5 Å². The number of hydrogen-bond donors (Lipinski definition) is 9. The van der Waals surface area contributed by atoms with Crippen molar-refractivity contribution in [3.05, 3.63) is 108 Å². The average molecular weight is 1530 g/mol. The molecular formula is C74H86N20O13S2. The number of carbonyl (C=O) groups excluding carboxylic acids is 7. The van der Waals surface area contributed by atoms with Crippen molar-refractivity contribution in [1.29, 1.82) is 0 Å². The monoisotopic (exact) mass is 1530 g/mol. The highest BCUT2D eigenvalue weighted by Crippen LogP contribution is 2.48. The van der Waals surface area contributed by atoms with Crippen LogP contribution in [0.1, 0.15) is 141 Å². The van der Waals surface area contributed by atoms with E-state index in [-0.39, 0.29) is 80.1 Å². The van der Waals surface area contributed by atoms with E-state index in [4.69, 9.17) is 44.6 Å². The van der Waals surface area contributed by atoms with Crippen LogP contribution in [0.3, 0.4) is 0 Å². The highest BCUT2D eigenvalue weighted by atomic mass is 32.1. The number of carbonyl (C=O) groups is 8. The van der Waals surface area contributed by atoms with Gasteiger partial charge < -0.3 is 60.9 Å². The van der Waals surface area contributed by atoms with Gasteiger partial charge in [0, 0.05) is 24.7 Å². The molecule has 4 saturated carbocycles. The summed E-state index contributed by atoms with van der Waals surface area (Å²) < 4.78 is 24.5. The minimum absolute atomic E-state index is 0.0169. The Balaban J connectivity index is 0.000000169. The van der Waals surface area contributed by atoms with Crippen molar-refractivity contribution in [2.75, 3.05) is 24.1 Å². The molecule has 109 heavy (non-hydrogen) atoms. The Morgan fingerprint density at radius 1 is 0.532 bits per heavy atom. The summed E-state index contributed by atoms with van der Waals surface area (Å²) >= 11 is 3.00. The minimum atomic E-state index is -1.43. The Morgan fingerprint density at radius 3 is 1.41 bits per heavy atom. The molecule has 10 N–H and O–H groups in total. The van der Waals surface area contributed by atoms with E-state index in [1.807, 2.05) is 108 Å². The number of alkyl carbamates (subject to hydrolysis) is 2. The number of ether oxygens (including phenoxy) is 4. The third-order valence-corrected chi connectivity index (χ3v) is 22.8. The zero-order valence-corrected chi connectivity index (χ0v) is 61.4. The fourth-order valence-electron chi connectivity index (χ4n) is 15.2. The van der Waals surface area contributed by atoms with Gasteiger partial charge in [0.2, 0.25) is 35.4 Å². The van der Waals surface area contributed by atoms with Crippen molar-refractivity contribution >= 4 is 104 Å². The molecule has 8 aliphatic rings. The lowest BCUT2D eigenvalue weighted by molar-refractivity contribution is -0.145. The van der Waals surface area contributed by atoms with Crippen LogP contribution in [0.5, 0.6) is 11.8 Å². The number of fused-ring (bicyclic) bond motifs is 6. The molecule has 6 aromatic heterocycles. The Bertz CT molecular complexity index is 4600. The number of rotatable bonds is 13. The molecule has 0 radical (unpaired) electrons. The number of amides is 7. The third-order valence-electron chi connectivity index (χ3n) is 21.1. The van der Waals surface area contributed by atoms with Crippen molar-refractivity contribution in [2.24, 2.45) is 11.8 Å². The summed E-state index contributed by atoms with van der Waals surface area (Å²) in [6.45, 7) is 0.0745. The molecule has 0 unspecified atom stereocenters. The molecule has 4 aliphatic carbocycles. The summed E-state index contributed by atoms with van der Waals surface area (Å²) in [4.78, 5) is 134. The maximum Gasteiger partial charge on any atom is 0.408 e. The number of nitrogens with one attached hydrogen (secondary N) is 7. The molecule has 33 nitrogen and oxygen atoms in total. The second-order valence-corrected chi connectivity index (χ2v) is 30.5. The van der Waals surface area contributed by atoms with Gasteiger partial charge >= 0.3 is 18.2 Å². The molecular weight excluding hydrogens is 1440 g/mol. The van der Waals surface area contributed by atoms with Gasteiger partial charge in [-0.15, -0.1) is 32.9 Å². The zero-order chi connectivity index (χ0) is 75.4. The molecule has 0 spiro atoms. The van der Waals surface area contributed by atoms with Crippen molar-refractivity contribution in [3.63, 3.8) is 0 Å². The third kappa shape index (κ3) is 17.9. The number of aromatic nitrogens is 12. The van der Waals surface area contributed by atoms with Crippen LogP contribution in [-0.2, 0) is 38.2 Å². The van der Waals surface area contributed by atoms with Crippen molar-refractivity contribution in [3.8, 4) is 32.9 Å². The topological polar surface area (TPSA) is 447 Å². The first-order valence-electron chi connectivity index (χ1n) is 37.3. The van der Waals surface area contributed by atoms with Gasteiger partial charge in [-0.3, -0.25) is 29.3 Å². The normalized spacial score (nSPS) is 26.6. The predicted molar refractivity (Wildman–Crippen MR) is 398 cm³/mol. The molecule has 10 atom stereocenters. The number of anilines is 2. The van der Waals surface area contributed by atoms with E-state index in [9.17, 15) is 43.5 Å². The van der Waals surface area contributed by atoms with E-state index in [0.29, 0.717) is 65.6 Å². The number of benzene rings is 2. The quantitative estimate of drug-likeness (QED) is 0.0490. The van der Waals surface area contributed by atoms with Crippen LogP contribution in [0.2, 0.25) is 0 Å². The molecule has 2 aromatic carbocycles. The Hall–Kier alpha value is -11.1. The molecule has 6 fully saturated rings. The fraction of sp³-hybridized carbons (Fsp3) is 0.486. The number of allylic oxidation sites excluding steroid dienone is 2. The van der Waals surface area contributed by atoms with E-state index in [2.05, 4.69) is 67.8 Å². The molecule has 16 rings (SSSR count). The number of carboxylic acids is 1. The van der Waals surface area contributed by atoms with Gasteiger partial charge in [0.15, 0.2) is 0 Å². The predicted octanol–water partition coefficient (Wildman–Crippen LogP) is 8.30. The summed E-state index contributed by atoms with van der Waals surface area (Å²) in [5.74, 6) is -3.41. The van der Waals surface area contributed by atoms with Gasteiger partial charge in [-0.25, -0.2) is 34.3 Å². The molecule has 35 heteroatoms. The Labute approximate surface area is 633 Å². The van der Waals surface area contributed by atoms with Gasteiger partial charge in [-0.1, -0.05) is 96.6 Å². The van der Waals surface area contributed by atoms with Crippen molar-refractivity contribution < 1.29 is 62.4 Å². The number of nitrogens with two attached hydrogens (primary N) is 1. The van der Waals surface area contributed by atoms with Crippen molar-refractivity contribution in [2.45, 2.75) is 201 Å². The molecule has 572 valence electrons. The van der Waals surface area contributed by atoms with Crippen LogP contribution < -0.4 is 41.8 Å². The number of aromatic amines is 2. The lowest BCUT2D eigenvalue weighted by Gasteiger charge is -2.30. The fourth-order valence-corrected chi connectivity index (χ4v) is 16.6. The number of para-hydroxylation sites is 4. The lowest BCUT2D eigenvalue weighted by Crippen LogP contribution is -2.57. The number of tetrazole rings is 2. The summed E-state index contributed by atoms with van der Waals surface area (Å²) in [6, 6.07) is 18.8. The van der Waals surface area contributed by atoms with Crippen molar-refractivity contribution in [1.82, 2.24) is 92.3 Å². The molecule has 10 heterocycles. The molecule has 0 bridgehead atoms. The highest BCUT2D eigenvalue weighted by Gasteiger charge is 2.63. The maximum atomic E-state index is 14.6.